The Bertz CT molecular complexity index is 555. The molecule has 0 radical (unpaired) electrons. The second-order valence-electron chi connectivity index (χ2n) is 11.3. The lowest BCUT2D eigenvalue weighted by Crippen LogP contribution is -2.47. The molecule has 1 aromatic carbocycles. The summed E-state index contributed by atoms with van der Waals surface area (Å²) in [5.41, 5.74) is 6.94. The van der Waals surface area contributed by atoms with E-state index in [0.717, 1.165) is 16.6 Å². The van der Waals surface area contributed by atoms with Gasteiger partial charge in [-0.1, -0.05) is 112 Å². The van der Waals surface area contributed by atoms with Crippen LogP contribution in [0.2, 0.25) is 16.6 Å². The highest BCUT2D eigenvalue weighted by Gasteiger charge is 2.42. The lowest BCUT2D eigenvalue weighted by Gasteiger charge is -2.44. The topological polar surface area (TPSA) is 0 Å². The average molecular weight is 393 g/mol. The van der Waals surface area contributed by atoms with E-state index >= 15 is 0 Å². The van der Waals surface area contributed by atoms with Gasteiger partial charge in [-0.25, -0.2) is 0 Å². The predicted molar refractivity (Wildman–Crippen MR) is 126 cm³/mol. The molecule has 0 aliphatic rings. The van der Waals surface area contributed by atoms with Crippen LogP contribution in [0.25, 0.3) is 0 Å². The lowest BCUT2D eigenvalue weighted by atomic mass is 9.79. The minimum Gasteiger partial charge on any atom is -0.143 e. The van der Waals surface area contributed by atoms with Crippen molar-refractivity contribution in [3.8, 4) is 0 Å². The summed E-state index contributed by atoms with van der Waals surface area (Å²) in [6.45, 7) is 28.7. The molecule has 0 fully saturated rings. The summed E-state index contributed by atoms with van der Waals surface area (Å²) in [6, 6.07) is 6.24. The first-order valence-electron chi connectivity index (χ1n) is 10.4. The Labute approximate surface area is 171 Å². The molecule has 0 amide bonds. The van der Waals surface area contributed by atoms with Crippen LogP contribution in [0.3, 0.4) is 0 Å². The molecule has 0 unspecified atom stereocenters. The third-order valence-corrected chi connectivity index (χ3v) is 14.5. The second kappa shape index (κ2) is 8.03. The normalized spacial score (nSPS) is 14.0. The van der Waals surface area contributed by atoms with Crippen molar-refractivity contribution < 1.29 is 0 Å². The van der Waals surface area contributed by atoms with Crippen molar-refractivity contribution in [2.45, 2.75) is 121 Å². The minimum absolute atomic E-state index is 0.116. The van der Waals surface area contributed by atoms with Crippen LogP contribution in [0.1, 0.15) is 99.8 Å². The summed E-state index contributed by atoms with van der Waals surface area (Å²) < 4.78 is 0. The van der Waals surface area contributed by atoms with Crippen molar-refractivity contribution >= 4 is 20.7 Å². The van der Waals surface area contributed by atoms with Crippen LogP contribution in [0.15, 0.2) is 17.0 Å². The maximum absolute atomic E-state index is 4.99. The van der Waals surface area contributed by atoms with E-state index in [0.29, 0.717) is 0 Å². The zero-order valence-electron chi connectivity index (χ0n) is 19.5. The van der Waals surface area contributed by atoms with E-state index in [-0.39, 0.29) is 10.8 Å². The van der Waals surface area contributed by atoms with Gasteiger partial charge in [0.05, 0.1) is 8.07 Å². The summed E-state index contributed by atoms with van der Waals surface area (Å²) in [7, 11) is -1.47. The Morgan fingerprint density at radius 1 is 0.731 bits per heavy atom. The molecule has 0 nitrogen and oxygen atoms in total. The zero-order chi connectivity index (χ0) is 20.7. The van der Waals surface area contributed by atoms with Gasteiger partial charge >= 0.3 is 0 Å². The number of hydrogen-bond donors (Lipinski definition) is 1. The standard InChI is InChI=1S/C24H44SSi/c1-16(2)26(17(3)4,18(5)6)15-19-13-20(23(7,8)9)22(25)21(14-19)24(10,11)12/h13-14,16-18,25H,15H2,1-12H3. The van der Waals surface area contributed by atoms with Crippen LogP contribution in [-0.2, 0) is 16.9 Å². The van der Waals surface area contributed by atoms with Crippen LogP contribution in [-0.4, -0.2) is 8.07 Å². The lowest BCUT2D eigenvalue weighted by molar-refractivity contribution is 0.545. The van der Waals surface area contributed by atoms with Crippen molar-refractivity contribution in [3.05, 3.63) is 28.8 Å². The van der Waals surface area contributed by atoms with Gasteiger partial charge in [-0.3, -0.25) is 0 Å². The Hall–Kier alpha value is -0.213. The highest BCUT2D eigenvalue weighted by atomic mass is 32.1. The van der Waals surface area contributed by atoms with Gasteiger partial charge in [-0.2, -0.15) is 0 Å². The smallest absolute Gasteiger partial charge is 0.0656 e. The predicted octanol–water partition coefficient (Wildman–Crippen LogP) is 8.33. The largest absolute Gasteiger partial charge is 0.143 e. The van der Waals surface area contributed by atoms with E-state index in [1.165, 1.54) is 22.1 Å². The van der Waals surface area contributed by atoms with E-state index in [2.05, 4.69) is 95.2 Å². The van der Waals surface area contributed by atoms with Crippen molar-refractivity contribution in [2.75, 3.05) is 0 Å². The molecule has 150 valence electrons. The highest BCUT2D eigenvalue weighted by molar-refractivity contribution is 7.80. The molecule has 2 heteroatoms. The number of benzene rings is 1. The second-order valence-corrected chi connectivity index (χ2v) is 17.8. The quantitative estimate of drug-likeness (QED) is 0.378. The molecule has 0 spiro atoms. The van der Waals surface area contributed by atoms with Crippen LogP contribution in [0.5, 0.6) is 0 Å². The molecule has 0 aliphatic heterocycles. The molecule has 0 aliphatic carbocycles. The molecular formula is C24H44SSi. The molecule has 0 N–H and O–H groups in total. The van der Waals surface area contributed by atoms with Crippen molar-refractivity contribution in [3.63, 3.8) is 0 Å². The van der Waals surface area contributed by atoms with Crippen molar-refractivity contribution in [1.82, 2.24) is 0 Å². The molecule has 0 heterocycles. The summed E-state index contributed by atoms with van der Waals surface area (Å²) in [6.07, 6.45) is 0. The van der Waals surface area contributed by atoms with E-state index in [1.54, 1.807) is 5.56 Å². The SMILES string of the molecule is CC(C)[Si](Cc1cc(C(C)(C)C)c(S)c(C(C)(C)C)c1)(C(C)C)C(C)C. The number of thiol groups is 1. The van der Waals surface area contributed by atoms with Gasteiger partial charge in [0.2, 0.25) is 0 Å². The van der Waals surface area contributed by atoms with Gasteiger partial charge in [0, 0.05) is 4.90 Å². The average Bonchev–Trinajstić information content (AvgIpc) is 2.42. The first-order chi connectivity index (χ1) is 11.5. The summed E-state index contributed by atoms with van der Waals surface area (Å²) in [5.74, 6) is 0. The van der Waals surface area contributed by atoms with E-state index < -0.39 is 8.07 Å². The van der Waals surface area contributed by atoms with Gasteiger partial charge < -0.3 is 0 Å². The fourth-order valence-electron chi connectivity index (χ4n) is 4.91. The summed E-state index contributed by atoms with van der Waals surface area (Å²) in [5, 5.41) is 0. The molecule has 0 saturated heterocycles. The number of hydrogen-bond acceptors (Lipinski definition) is 1. The van der Waals surface area contributed by atoms with Crippen molar-refractivity contribution in [2.24, 2.45) is 0 Å². The van der Waals surface area contributed by atoms with Gasteiger partial charge in [-0.05, 0) is 33.6 Å². The Kier molecular flexibility index (Phi) is 7.36. The molecular weight excluding hydrogens is 348 g/mol. The summed E-state index contributed by atoms with van der Waals surface area (Å²) >= 11 is 4.99. The first-order valence-corrected chi connectivity index (χ1v) is 13.3. The minimum atomic E-state index is -1.47. The van der Waals surface area contributed by atoms with Crippen molar-refractivity contribution in [1.29, 1.82) is 0 Å². The van der Waals surface area contributed by atoms with Crippen LogP contribution in [0, 0.1) is 0 Å². The van der Waals surface area contributed by atoms with Gasteiger partial charge in [-0.15, -0.1) is 12.6 Å². The molecule has 1 rings (SSSR count). The molecule has 0 bridgehead atoms. The Morgan fingerprint density at radius 3 is 1.27 bits per heavy atom. The maximum atomic E-state index is 4.99. The number of rotatable bonds is 5. The van der Waals surface area contributed by atoms with Crippen LogP contribution in [0.4, 0.5) is 0 Å². The molecule has 0 saturated carbocycles. The molecule has 26 heavy (non-hydrogen) atoms. The molecule has 1 aromatic rings. The Morgan fingerprint density at radius 2 is 1.04 bits per heavy atom. The van der Waals surface area contributed by atoms with E-state index in [9.17, 15) is 0 Å². The van der Waals surface area contributed by atoms with E-state index in [4.69, 9.17) is 12.6 Å². The highest BCUT2D eigenvalue weighted by Crippen LogP contribution is 2.45. The third-order valence-electron chi connectivity index (χ3n) is 6.52. The van der Waals surface area contributed by atoms with Crippen LogP contribution >= 0.6 is 12.6 Å². The Balaban J connectivity index is 3.67. The monoisotopic (exact) mass is 392 g/mol. The van der Waals surface area contributed by atoms with E-state index in [1.807, 2.05) is 0 Å². The fraction of sp³-hybridized carbons (Fsp3) is 0.750. The van der Waals surface area contributed by atoms with Gasteiger partial charge in [0.1, 0.15) is 0 Å². The molecule has 0 atom stereocenters. The van der Waals surface area contributed by atoms with Gasteiger partial charge in [0.25, 0.3) is 0 Å². The maximum Gasteiger partial charge on any atom is 0.0656 e. The fourth-order valence-corrected chi connectivity index (χ4v) is 11.8. The zero-order valence-corrected chi connectivity index (χ0v) is 21.4. The first kappa shape index (κ1) is 23.8. The van der Waals surface area contributed by atoms with Crippen LogP contribution < -0.4 is 0 Å². The van der Waals surface area contributed by atoms with Gasteiger partial charge in [0.15, 0.2) is 0 Å². The summed E-state index contributed by atoms with van der Waals surface area (Å²) in [4.78, 5) is 1.19. The molecule has 0 aromatic heterocycles. The third kappa shape index (κ3) is 4.79.